The average Bonchev–Trinajstić information content (AvgIpc) is 2.95. The number of amides is 1. The largest absolute Gasteiger partial charge is 0.368 e. The van der Waals surface area contributed by atoms with Crippen molar-refractivity contribution in [2.45, 2.75) is 45.4 Å². The van der Waals surface area contributed by atoms with Crippen molar-refractivity contribution < 1.29 is 4.79 Å². The highest BCUT2D eigenvalue weighted by Crippen LogP contribution is 2.24. The molecule has 2 aromatic heterocycles. The number of nitrogens with zero attached hydrogens (tertiary/aromatic N) is 7. The molecule has 40 heavy (non-hydrogen) atoms. The third kappa shape index (κ3) is 5.88. The van der Waals surface area contributed by atoms with Gasteiger partial charge in [0.05, 0.1) is 0 Å². The molecule has 2 saturated heterocycles. The molecule has 0 saturated carbocycles. The first kappa shape index (κ1) is 27.8. The van der Waals surface area contributed by atoms with Gasteiger partial charge in [-0.2, -0.15) is 4.98 Å². The molecule has 2 fully saturated rings. The van der Waals surface area contributed by atoms with E-state index in [9.17, 15) is 9.59 Å². The van der Waals surface area contributed by atoms with Crippen molar-refractivity contribution in [3.8, 4) is 0 Å². The van der Waals surface area contributed by atoms with Crippen LogP contribution in [0, 0.1) is 0 Å². The number of hydrogen-bond acceptors (Lipinski definition) is 8. The van der Waals surface area contributed by atoms with Gasteiger partial charge in [-0.25, -0.2) is 4.98 Å². The van der Waals surface area contributed by atoms with Gasteiger partial charge in [-0.15, -0.1) is 0 Å². The number of piperazine rings is 2. The van der Waals surface area contributed by atoms with Crippen molar-refractivity contribution in [1.29, 1.82) is 0 Å². The van der Waals surface area contributed by atoms with E-state index < -0.39 is 0 Å². The van der Waals surface area contributed by atoms with Crippen LogP contribution in [0.4, 0.5) is 17.3 Å². The predicted octanol–water partition coefficient (Wildman–Crippen LogP) is 2.78. The summed E-state index contributed by atoms with van der Waals surface area (Å²) in [6, 6.07) is 12.9. The van der Waals surface area contributed by atoms with Crippen LogP contribution in [-0.2, 0) is 11.3 Å². The second-order valence-electron chi connectivity index (χ2n) is 11.1. The highest BCUT2D eigenvalue weighted by Gasteiger charge is 2.27. The second kappa shape index (κ2) is 11.8. The molecule has 1 N–H and O–H groups in total. The van der Waals surface area contributed by atoms with E-state index in [-0.39, 0.29) is 17.5 Å². The van der Waals surface area contributed by atoms with Crippen molar-refractivity contribution in [2.24, 2.45) is 0 Å². The van der Waals surface area contributed by atoms with E-state index in [1.54, 1.807) is 22.9 Å². The lowest BCUT2D eigenvalue weighted by molar-refractivity contribution is -0.128. The average molecular weight is 545 g/mol. The molecular weight excluding hydrogens is 504 g/mol. The summed E-state index contributed by atoms with van der Waals surface area (Å²) in [6.07, 6.45) is 3.12. The Balaban J connectivity index is 1.28. The topological polar surface area (TPSA) is 89.8 Å². The molecule has 3 aromatic rings. The Labute approximate surface area is 235 Å². The minimum absolute atomic E-state index is 0.0355. The summed E-state index contributed by atoms with van der Waals surface area (Å²) in [4.78, 5) is 43.1. The first-order chi connectivity index (χ1) is 19.2. The van der Waals surface area contributed by atoms with E-state index >= 15 is 0 Å². The van der Waals surface area contributed by atoms with Crippen molar-refractivity contribution in [3.63, 3.8) is 0 Å². The number of pyridine rings is 1. The fourth-order valence-corrected chi connectivity index (χ4v) is 5.73. The van der Waals surface area contributed by atoms with Gasteiger partial charge >= 0.3 is 0 Å². The first-order valence-corrected chi connectivity index (χ1v) is 14.1. The number of hydrogen-bond donors (Lipinski definition) is 1. The van der Waals surface area contributed by atoms with Crippen LogP contribution in [0.2, 0.25) is 0 Å². The van der Waals surface area contributed by atoms with Gasteiger partial charge in [0.25, 0.3) is 5.56 Å². The first-order valence-electron chi connectivity index (χ1n) is 14.1. The van der Waals surface area contributed by atoms with Crippen LogP contribution >= 0.6 is 0 Å². The quantitative estimate of drug-likeness (QED) is 0.455. The third-order valence-corrected chi connectivity index (χ3v) is 8.43. The molecule has 1 amide bonds. The highest BCUT2D eigenvalue weighted by molar-refractivity contribution is 5.87. The maximum atomic E-state index is 12.9. The number of benzene rings is 1. The number of carbonyl (C=O) groups is 1. The van der Waals surface area contributed by atoms with Gasteiger partial charge in [0.1, 0.15) is 5.65 Å². The molecule has 10 nitrogen and oxygen atoms in total. The molecule has 0 aliphatic carbocycles. The minimum atomic E-state index is -0.0924. The Hall–Kier alpha value is -3.76. The zero-order valence-electron chi connectivity index (χ0n) is 24.0. The molecule has 0 radical (unpaired) electrons. The standard InChI is InChI=1S/C30H40N8O2/c1-6-27(39)36-14-13-35(23(4)20-36)15-16-38-28(40)12-7-24-17-31-30(33-29(24)38)32-25-8-10-26(11-9-25)37-18-21(2)34(5)22(3)19-37/h6-12,17,21-23H,1,13-16,18-20H2,2-5H3,(H,31,32,33)/t21-,22+,23-/m0/s1. The van der Waals surface area contributed by atoms with Crippen LogP contribution in [-0.4, -0.2) is 99.6 Å². The summed E-state index contributed by atoms with van der Waals surface area (Å²) in [6.45, 7) is 15.5. The zero-order valence-corrected chi connectivity index (χ0v) is 24.0. The summed E-state index contributed by atoms with van der Waals surface area (Å²) in [5, 5.41) is 4.12. The van der Waals surface area contributed by atoms with Crippen LogP contribution in [0.1, 0.15) is 20.8 Å². The lowest BCUT2D eigenvalue weighted by Crippen LogP contribution is -2.55. The smallest absolute Gasteiger partial charge is 0.252 e. The summed E-state index contributed by atoms with van der Waals surface area (Å²) in [5.74, 6) is 0.415. The summed E-state index contributed by atoms with van der Waals surface area (Å²) < 4.78 is 1.72. The second-order valence-corrected chi connectivity index (χ2v) is 11.1. The Bertz CT molecular complexity index is 1410. The van der Waals surface area contributed by atoms with Crippen molar-refractivity contribution >= 4 is 34.3 Å². The molecule has 3 atom stereocenters. The van der Waals surface area contributed by atoms with Crippen LogP contribution in [0.15, 0.2) is 60.0 Å². The maximum Gasteiger partial charge on any atom is 0.252 e. The lowest BCUT2D eigenvalue weighted by Gasteiger charge is -2.43. The van der Waals surface area contributed by atoms with E-state index in [0.717, 1.165) is 30.7 Å². The summed E-state index contributed by atoms with van der Waals surface area (Å²) in [5.41, 5.74) is 2.61. The van der Waals surface area contributed by atoms with Crippen LogP contribution in [0.5, 0.6) is 0 Å². The minimum Gasteiger partial charge on any atom is -0.368 e. The van der Waals surface area contributed by atoms with E-state index in [2.05, 4.69) is 71.5 Å². The Morgan fingerprint density at radius 2 is 1.73 bits per heavy atom. The normalized spacial score (nSPS) is 22.4. The molecule has 2 aliphatic rings. The van der Waals surface area contributed by atoms with E-state index in [1.807, 2.05) is 17.0 Å². The van der Waals surface area contributed by atoms with Crippen LogP contribution in [0.25, 0.3) is 11.0 Å². The molecule has 4 heterocycles. The van der Waals surface area contributed by atoms with Gasteiger partial charge in [-0.05, 0) is 64.2 Å². The third-order valence-electron chi connectivity index (χ3n) is 8.43. The molecule has 1 aromatic carbocycles. The SMILES string of the molecule is C=CC(=O)N1CCN(CCn2c(=O)ccc3cnc(Nc4ccc(N5C[C@@H](C)N(C)[C@@H](C)C5)cc4)nc32)[C@@H](C)C1. The number of fused-ring (bicyclic) bond motifs is 1. The fraction of sp³-hybridized carbons (Fsp3) is 0.467. The number of likely N-dealkylation sites (N-methyl/N-ethyl adjacent to an activating group) is 1. The fourth-order valence-electron chi connectivity index (χ4n) is 5.73. The van der Waals surface area contributed by atoms with Crippen LogP contribution in [0.3, 0.4) is 0 Å². The van der Waals surface area contributed by atoms with Crippen molar-refractivity contribution in [2.75, 3.05) is 56.5 Å². The molecule has 212 valence electrons. The Kier molecular flexibility index (Phi) is 8.18. The zero-order chi connectivity index (χ0) is 28.4. The number of aromatic nitrogens is 3. The summed E-state index contributed by atoms with van der Waals surface area (Å²) in [7, 11) is 2.19. The molecule has 5 rings (SSSR count). The number of rotatable bonds is 7. The number of anilines is 3. The molecule has 0 spiro atoms. The highest BCUT2D eigenvalue weighted by atomic mass is 16.2. The summed E-state index contributed by atoms with van der Waals surface area (Å²) >= 11 is 0. The van der Waals surface area contributed by atoms with Gasteiger partial charge in [0.15, 0.2) is 0 Å². The van der Waals surface area contributed by atoms with E-state index in [0.29, 0.717) is 49.9 Å². The Morgan fingerprint density at radius 3 is 2.40 bits per heavy atom. The monoisotopic (exact) mass is 544 g/mol. The van der Waals surface area contributed by atoms with E-state index in [4.69, 9.17) is 4.98 Å². The van der Waals surface area contributed by atoms with Gasteiger partial charge in [-0.3, -0.25) is 24.0 Å². The lowest BCUT2D eigenvalue weighted by atomic mass is 10.1. The molecule has 0 unspecified atom stereocenters. The van der Waals surface area contributed by atoms with Gasteiger partial charge in [-0.1, -0.05) is 6.58 Å². The van der Waals surface area contributed by atoms with Gasteiger partial charge < -0.3 is 15.1 Å². The number of carbonyl (C=O) groups excluding carboxylic acids is 1. The molecule has 10 heteroatoms. The molecule has 2 aliphatic heterocycles. The predicted molar refractivity (Wildman–Crippen MR) is 160 cm³/mol. The van der Waals surface area contributed by atoms with Crippen LogP contribution < -0.4 is 15.8 Å². The van der Waals surface area contributed by atoms with Gasteiger partial charge in [0.2, 0.25) is 11.9 Å². The van der Waals surface area contributed by atoms with Crippen molar-refractivity contribution in [1.82, 2.24) is 29.2 Å². The molecule has 0 bridgehead atoms. The number of nitrogens with one attached hydrogen (secondary N) is 1. The van der Waals surface area contributed by atoms with Gasteiger partial charge in [0, 0.05) is 93.0 Å². The maximum absolute atomic E-state index is 12.9. The Morgan fingerprint density at radius 1 is 1.00 bits per heavy atom. The molecular formula is C30H40N8O2. The van der Waals surface area contributed by atoms with Crippen molar-refractivity contribution in [3.05, 3.63) is 65.6 Å². The van der Waals surface area contributed by atoms with E-state index in [1.165, 1.54) is 11.8 Å².